The maximum atomic E-state index is 14.4. The highest BCUT2D eigenvalue weighted by Crippen LogP contribution is 2.41. The topological polar surface area (TPSA) is 125 Å². The molecule has 0 radical (unpaired) electrons. The highest BCUT2D eigenvalue weighted by atomic mass is 32.1. The number of benzene rings is 4. The quantitative estimate of drug-likeness (QED) is 0.0558. The molecule has 14 heteroatoms. The first-order valence-corrected chi connectivity index (χ1v) is 22.6. The van der Waals surface area contributed by atoms with Gasteiger partial charge in [0.1, 0.15) is 57.0 Å². The predicted octanol–water partition coefficient (Wildman–Crippen LogP) is 11.3. The largest absolute Gasteiger partial charge is 0.491 e. The van der Waals surface area contributed by atoms with Crippen molar-refractivity contribution in [2.24, 2.45) is 0 Å². The molecule has 8 nitrogen and oxygen atoms in total. The molecule has 0 amide bonds. The van der Waals surface area contributed by atoms with E-state index in [0.717, 1.165) is 44.4 Å². The van der Waals surface area contributed by atoms with Crippen LogP contribution in [0.15, 0.2) is 72.8 Å². The molecule has 4 aromatic carbocycles. The lowest BCUT2D eigenvalue weighted by molar-refractivity contribution is 0.0406. The van der Waals surface area contributed by atoms with Crippen LogP contribution in [-0.2, 0) is 12.8 Å². The molecule has 0 bridgehead atoms. The molecular formula is C49H54F4N2O6S2. The first-order valence-electron chi connectivity index (χ1n) is 21.0. The lowest BCUT2D eigenvalue weighted by Crippen LogP contribution is -2.32. The SMILES string of the molecule is Cc1cc([C@H](O)CCc2sc(-c3cc(F)cc(F)c3)nc2C(C)CC(C)c2nc(-c3cc(F)cc(F)c3)sc2CCC(O)c2ccc(OC(C)(C)CO)c(C)c2)ccc1OCCO. The Morgan fingerprint density at radius 3 is 1.46 bits per heavy atom. The van der Waals surface area contributed by atoms with Gasteiger partial charge in [-0.3, -0.25) is 0 Å². The summed E-state index contributed by atoms with van der Waals surface area (Å²) >= 11 is 2.65. The van der Waals surface area contributed by atoms with Crippen LogP contribution in [0.4, 0.5) is 17.6 Å². The van der Waals surface area contributed by atoms with Crippen molar-refractivity contribution >= 4 is 22.7 Å². The van der Waals surface area contributed by atoms with Gasteiger partial charge in [-0.25, -0.2) is 27.5 Å². The van der Waals surface area contributed by atoms with Gasteiger partial charge in [-0.2, -0.15) is 0 Å². The van der Waals surface area contributed by atoms with Gasteiger partial charge in [-0.05, 0) is 131 Å². The monoisotopic (exact) mass is 906 g/mol. The van der Waals surface area contributed by atoms with Crippen molar-refractivity contribution in [3.8, 4) is 32.6 Å². The second kappa shape index (κ2) is 20.9. The van der Waals surface area contributed by atoms with Crippen molar-refractivity contribution < 1.29 is 47.5 Å². The van der Waals surface area contributed by atoms with Gasteiger partial charge in [-0.1, -0.05) is 26.0 Å². The lowest BCUT2D eigenvalue weighted by atomic mass is 9.90. The van der Waals surface area contributed by atoms with E-state index >= 15 is 0 Å². The van der Waals surface area contributed by atoms with Gasteiger partial charge in [0.25, 0.3) is 0 Å². The molecule has 2 aromatic heterocycles. The Kier molecular flexibility index (Phi) is 15.8. The van der Waals surface area contributed by atoms with Gasteiger partial charge in [-0.15, -0.1) is 22.7 Å². The standard InChI is InChI=1S/C49H54F4N2O6S2/c1-27-18-31(7-11-41(27)60-16-15-56)39(58)9-13-43-45(54-47(62-43)33-20-35(50)24-36(51)21-33)29(3)17-30(4)46-44(63-48(55-46)34-22-37(52)25-38(53)23-34)14-10-40(59)32-8-12-42(28(2)19-32)61-49(5,6)26-57/h7-8,11-12,18-25,29-30,39-40,56-59H,9-10,13-17,26H2,1-6H3/t29?,30?,39-,40?/m1/s1. The number of ether oxygens (including phenoxy) is 2. The minimum atomic E-state index is -0.844. The molecule has 0 aliphatic carbocycles. The molecule has 4 atom stereocenters. The fourth-order valence-electron chi connectivity index (χ4n) is 7.60. The van der Waals surface area contributed by atoms with Gasteiger partial charge in [0.2, 0.25) is 0 Å². The van der Waals surface area contributed by atoms with Crippen LogP contribution in [-0.4, -0.2) is 55.8 Å². The Hall–Kier alpha value is -4.70. The number of nitrogens with zero attached hydrogens (tertiary/aromatic N) is 2. The van der Waals surface area contributed by atoms with Crippen molar-refractivity contribution in [2.75, 3.05) is 19.8 Å². The molecule has 2 heterocycles. The molecule has 63 heavy (non-hydrogen) atoms. The Balaban J connectivity index is 1.26. The lowest BCUT2D eigenvalue weighted by Gasteiger charge is -2.25. The van der Waals surface area contributed by atoms with Crippen molar-refractivity contribution in [1.29, 1.82) is 0 Å². The number of rotatable bonds is 20. The predicted molar refractivity (Wildman–Crippen MR) is 240 cm³/mol. The molecular weight excluding hydrogens is 853 g/mol. The smallest absolute Gasteiger partial charge is 0.126 e. The average molecular weight is 907 g/mol. The highest BCUT2D eigenvalue weighted by molar-refractivity contribution is 7.15. The molecule has 0 saturated carbocycles. The van der Waals surface area contributed by atoms with E-state index in [1.807, 2.05) is 39.8 Å². The summed E-state index contributed by atoms with van der Waals surface area (Å²) in [5, 5.41) is 42.4. The minimum absolute atomic E-state index is 0.117. The summed E-state index contributed by atoms with van der Waals surface area (Å²) in [4.78, 5) is 11.6. The number of aryl methyl sites for hydroxylation is 4. The maximum absolute atomic E-state index is 14.4. The normalized spacial score (nSPS) is 13.8. The van der Waals surface area contributed by atoms with E-state index in [1.165, 1.54) is 46.9 Å². The van der Waals surface area contributed by atoms with E-state index < -0.39 is 41.1 Å². The van der Waals surface area contributed by atoms with Crippen LogP contribution in [0.5, 0.6) is 11.5 Å². The van der Waals surface area contributed by atoms with E-state index in [9.17, 15) is 32.9 Å². The molecule has 3 unspecified atom stereocenters. The third-order valence-corrected chi connectivity index (χ3v) is 13.2. The van der Waals surface area contributed by atoms with Crippen LogP contribution in [0.2, 0.25) is 0 Å². The Bertz CT molecular complexity index is 2470. The maximum Gasteiger partial charge on any atom is 0.126 e. The Morgan fingerprint density at radius 1 is 0.635 bits per heavy atom. The number of thiazole rings is 2. The van der Waals surface area contributed by atoms with E-state index in [2.05, 4.69) is 0 Å². The Morgan fingerprint density at radius 2 is 1.06 bits per heavy atom. The molecule has 0 fully saturated rings. The molecule has 6 aromatic rings. The van der Waals surface area contributed by atoms with Crippen LogP contribution in [0.25, 0.3) is 21.1 Å². The van der Waals surface area contributed by atoms with Gasteiger partial charge in [0.15, 0.2) is 0 Å². The number of halogens is 4. The number of aliphatic hydroxyl groups excluding tert-OH is 4. The van der Waals surface area contributed by atoms with Gasteiger partial charge in [0, 0.05) is 44.8 Å². The number of hydrogen-bond donors (Lipinski definition) is 4. The van der Waals surface area contributed by atoms with E-state index in [0.29, 0.717) is 75.9 Å². The van der Waals surface area contributed by atoms with E-state index in [-0.39, 0.29) is 31.7 Å². The van der Waals surface area contributed by atoms with Crippen LogP contribution in [0.3, 0.4) is 0 Å². The summed E-state index contributed by atoms with van der Waals surface area (Å²) in [5.41, 5.74) is 4.30. The summed E-state index contributed by atoms with van der Waals surface area (Å²) in [6, 6.07) is 17.4. The van der Waals surface area contributed by atoms with Crippen LogP contribution >= 0.6 is 22.7 Å². The average Bonchev–Trinajstić information content (AvgIpc) is 3.87. The highest BCUT2D eigenvalue weighted by Gasteiger charge is 2.27. The van der Waals surface area contributed by atoms with Gasteiger partial charge in [0.05, 0.1) is 36.8 Å². The summed E-state index contributed by atoms with van der Waals surface area (Å²) in [6.45, 7) is 11.2. The van der Waals surface area contributed by atoms with Crippen LogP contribution in [0, 0.1) is 37.1 Å². The van der Waals surface area contributed by atoms with E-state index in [4.69, 9.17) is 24.5 Å². The first-order chi connectivity index (χ1) is 29.9. The molecule has 4 N–H and O–H groups in total. The summed E-state index contributed by atoms with van der Waals surface area (Å²) in [6.07, 6.45) is 0.375. The zero-order valence-electron chi connectivity index (χ0n) is 36.2. The molecule has 0 spiro atoms. The molecule has 0 aliphatic heterocycles. The number of aliphatic hydroxyl groups is 4. The van der Waals surface area contributed by atoms with Crippen molar-refractivity contribution in [3.63, 3.8) is 0 Å². The van der Waals surface area contributed by atoms with Crippen LogP contribution < -0.4 is 9.47 Å². The second-order valence-electron chi connectivity index (χ2n) is 16.8. The fraction of sp³-hybridized carbons (Fsp3) is 0.388. The minimum Gasteiger partial charge on any atom is -0.491 e. The third-order valence-electron chi connectivity index (χ3n) is 10.9. The van der Waals surface area contributed by atoms with E-state index in [1.54, 1.807) is 38.1 Å². The molecule has 0 aliphatic rings. The molecule has 0 saturated heterocycles. The van der Waals surface area contributed by atoms with Crippen molar-refractivity contribution in [3.05, 3.63) is 139 Å². The zero-order valence-corrected chi connectivity index (χ0v) is 37.9. The van der Waals surface area contributed by atoms with Gasteiger partial charge >= 0.3 is 0 Å². The number of aromatic nitrogens is 2. The summed E-state index contributed by atoms with van der Waals surface area (Å²) in [7, 11) is 0. The fourth-order valence-corrected chi connectivity index (χ4v) is 9.97. The van der Waals surface area contributed by atoms with Crippen LogP contribution in [0.1, 0.15) is 114 Å². The Labute approximate surface area is 373 Å². The first kappa shape index (κ1) is 47.8. The van der Waals surface area contributed by atoms with Gasteiger partial charge < -0.3 is 29.9 Å². The zero-order chi connectivity index (χ0) is 45.6. The molecule has 336 valence electrons. The van der Waals surface area contributed by atoms with Crippen molar-refractivity contribution in [2.45, 2.75) is 103 Å². The van der Waals surface area contributed by atoms with Crippen molar-refractivity contribution in [1.82, 2.24) is 9.97 Å². The number of hydrogen-bond acceptors (Lipinski definition) is 10. The summed E-state index contributed by atoms with van der Waals surface area (Å²) < 4.78 is 69.3. The third kappa shape index (κ3) is 12.3. The molecule has 6 rings (SSSR count). The summed E-state index contributed by atoms with van der Waals surface area (Å²) in [5.74, 6) is -2.07. The second-order valence-corrected chi connectivity index (χ2v) is 18.9.